The normalized spacial score (nSPS) is 18.9. The molecule has 2 aromatic heterocycles. The van der Waals surface area contributed by atoms with Gasteiger partial charge in [-0.1, -0.05) is 55.1 Å². The van der Waals surface area contributed by atoms with Crippen LogP contribution in [0.1, 0.15) is 36.3 Å². The van der Waals surface area contributed by atoms with Gasteiger partial charge in [0.25, 0.3) is 5.56 Å². The number of rotatable bonds is 6. The van der Waals surface area contributed by atoms with Crippen molar-refractivity contribution >= 4 is 33.3 Å². The monoisotopic (exact) mass is 412 g/mol. The molecule has 4 rings (SSSR count). The minimum atomic E-state index is -0.214. The van der Waals surface area contributed by atoms with Crippen molar-refractivity contribution in [1.29, 1.82) is 0 Å². The van der Waals surface area contributed by atoms with Crippen LogP contribution < -0.4 is 5.56 Å². The molecule has 0 radical (unpaired) electrons. The lowest BCUT2D eigenvalue weighted by Crippen LogP contribution is -2.34. The first-order chi connectivity index (χ1) is 13.5. The van der Waals surface area contributed by atoms with Crippen molar-refractivity contribution in [3.63, 3.8) is 0 Å². The molecule has 0 amide bonds. The number of hydrogen-bond donors (Lipinski definition) is 0. The zero-order valence-electron chi connectivity index (χ0n) is 16.2. The fraction of sp³-hybridized carbons (Fsp3) is 0.364. The molecule has 4 nitrogen and oxygen atoms in total. The number of ether oxygens (including phenoxy) is 1. The zero-order chi connectivity index (χ0) is 19.7. The highest BCUT2D eigenvalue weighted by Gasteiger charge is 2.33. The quantitative estimate of drug-likeness (QED) is 0.324. The van der Waals surface area contributed by atoms with Crippen molar-refractivity contribution in [2.75, 3.05) is 5.75 Å². The number of thiophene rings is 1. The Morgan fingerprint density at radius 1 is 1.39 bits per heavy atom. The van der Waals surface area contributed by atoms with E-state index < -0.39 is 0 Å². The van der Waals surface area contributed by atoms with E-state index in [0.29, 0.717) is 13.2 Å². The highest BCUT2D eigenvalue weighted by molar-refractivity contribution is 7.99. The van der Waals surface area contributed by atoms with E-state index in [1.165, 1.54) is 0 Å². The molecule has 1 aliphatic heterocycles. The van der Waals surface area contributed by atoms with Gasteiger partial charge in [-0.2, -0.15) is 0 Å². The molecule has 146 valence electrons. The molecule has 0 bridgehead atoms. The van der Waals surface area contributed by atoms with E-state index in [1.807, 2.05) is 41.0 Å². The van der Waals surface area contributed by atoms with Crippen molar-refractivity contribution < 1.29 is 4.74 Å². The van der Waals surface area contributed by atoms with Crippen molar-refractivity contribution in [3.05, 3.63) is 69.3 Å². The van der Waals surface area contributed by atoms with Crippen LogP contribution in [0.2, 0.25) is 0 Å². The molecule has 0 saturated carbocycles. The largest absolute Gasteiger partial charge is 0.369 e. The van der Waals surface area contributed by atoms with Gasteiger partial charge in [0.05, 0.1) is 24.1 Å². The molecular formula is C22H24N2O2S2. The summed E-state index contributed by atoms with van der Waals surface area (Å²) in [5, 5.41) is 1.53. The molecule has 6 heteroatoms. The molecule has 0 spiro atoms. The zero-order valence-corrected chi connectivity index (χ0v) is 17.9. The lowest BCUT2D eigenvalue weighted by Gasteiger charge is -2.32. The Labute approximate surface area is 173 Å². The number of aromatic nitrogens is 2. The van der Waals surface area contributed by atoms with Crippen LogP contribution in [0, 0.1) is 0 Å². The summed E-state index contributed by atoms with van der Waals surface area (Å²) in [5.41, 5.74) is 2.07. The van der Waals surface area contributed by atoms with Gasteiger partial charge in [0.2, 0.25) is 0 Å². The topological polar surface area (TPSA) is 44.1 Å². The Hall–Kier alpha value is -1.89. The van der Waals surface area contributed by atoms with Crippen LogP contribution in [0.15, 0.2) is 52.9 Å². The average Bonchev–Trinajstić information content (AvgIpc) is 3.07. The number of benzene rings is 1. The summed E-state index contributed by atoms with van der Waals surface area (Å²) in [7, 11) is 0. The van der Waals surface area contributed by atoms with Gasteiger partial charge in [-0.3, -0.25) is 9.36 Å². The predicted molar refractivity (Wildman–Crippen MR) is 118 cm³/mol. The summed E-state index contributed by atoms with van der Waals surface area (Å²) in [6, 6.07) is 10.1. The lowest BCUT2D eigenvalue weighted by atomic mass is 9.90. The van der Waals surface area contributed by atoms with Gasteiger partial charge in [-0.05, 0) is 24.5 Å². The van der Waals surface area contributed by atoms with Crippen molar-refractivity contribution in [2.24, 2.45) is 0 Å². The van der Waals surface area contributed by atoms with E-state index in [4.69, 9.17) is 9.72 Å². The van der Waals surface area contributed by atoms with Crippen molar-refractivity contribution in [1.82, 2.24) is 9.55 Å². The van der Waals surface area contributed by atoms with Crippen molar-refractivity contribution in [3.8, 4) is 0 Å². The molecule has 3 heterocycles. The molecule has 1 aliphatic rings. The van der Waals surface area contributed by atoms with Gasteiger partial charge in [-0.25, -0.2) is 4.98 Å². The van der Waals surface area contributed by atoms with Gasteiger partial charge >= 0.3 is 0 Å². The SMILES string of the molecule is C=CCSc1nc2sc3c(c2c(=O)n1Cc1ccccc1)C[C@@](C)(CC)OC3. The number of hydrogen-bond acceptors (Lipinski definition) is 5. The third-order valence-electron chi connectivity index (χ3n) is 5.32. The van der Waals surface area contributed by atoms with Gasteiger partial charge in [0, 0.05) is 17.1 Å². The Kier molecular flexibility index (Phi) is 5.45. The number of fused-ring (bicyclic) bond motifs is 3. The van der Waals surface area contributed by atoms with Crippen molar-refractivity contribution in [2.45, 2.75) is 50.6 Å². The maximum atomic E-state index is 13.6. The van der Waals surface area contributed by atoms with Gasteiger partial charge in [0.1, 0.15) is 4.83 Å². The average molecular weight is 413 g/mol. The molecule has 28 heavy (non-hydrogen) atoms. The summed E-state index contributed by atoms with van der Waals surface area (Å²) in [4.78, 5) is 20.5. The summed E-state index contributed by atoms with van der Waals surface area (Å²) >= 11 is 3.15. The smallest absolute Gasteiger partial charge is 0.263 e. The second-order valence-corrected chi connectivity index (χ2v) is 9.39. The van der Waals surface area contributed by atoms with Crippen LogP contribution in [-0.2, 0) is 24.3 Å². The first kappa shape index (κ1) is 19.4. The predicted octanol–water partition coefficient (Wildman–Crippen LogP) is 5.03. The Morgan fingerprint density at radius 3 is 2.89 bits per heavy atom. The molecule has 0 N–H and O–H groups in total. The van der Waals surface area contributed by atoms with Gasteiger partial charge < -0.3 is 4.74 Å². The van der Waals surface area contributed by atoms with Gasteiger partial charge in [0.15, 0.2) is 5.16 Å². The van der Waals surface area contributed by atoms with Crippen LogP contribution in [-0.4, -0.2) is 20.9 Å². The van der Waals surface area contributed by atoms with E-state index in [2.05, 4.69) is 20.4 Å². The van der Waals surface area contributed by atoms with Crippen LogP contribution in [0.4, 0.5) is 0 Å². The third kappa shape index (κ3) is 3.56. The first-order valence-corrected chi connectivity index (χ1v) is 11.3. The summed E-state index contributed by atoms with van der Waals surface area (Å²) in [5.74, 6) is 0.717. The Balaban J connectivity index is 1.88. The minimum Gasteiger partial charge on any atom is -0.369 e. The van der Waals surface area contributed by atoms with E-state index in [0.717, 1.165) is 50.0 Å². The summed E-state index contributed by atoms with van der Waals surface area (Å²) < 4.78 is 7.90. The fourth-order valence-electron chi connectivity index (χ4n) is 3.51. The molecular weight excluding hydrogens is 388 g/mol. The second kappa shape index (κ2) is 7.85. The Morgan fingerprint density at radius 2 is 2.18 bits per heavy atom. The molecule has 3 aromatic rings. The van der Waals surface area contributed by atoms with E-state index in [9.17, 15) is 4.79 Å². The maximum absolute atomic E-state index is 13.6. The van der Waals surface area contributed by atoms with E-state index >= 15 is 0 Å². The van der Waals surface area contributed by atoms with Crippen LogP contribution >= 0.6 is 23.1 Å². The highest BCUT2D eigenvalue weighted by Crippen LogP contribution is 2.38. The minimum absolute atomic E-state index is 0.0540. The number of thioether (sulfide) groups is 1. The molecule has 0 fully saturated rings. The first-order valence-electron chi connectivity index (χ1n) is 9.51. The summed E-state index contributed by atoms with van der Waals surface area (Å²) in [6.07, 6.45) is 3.52. The van der Waals surface area contributed by atoms with Crippen LogP contribution in [0.25, 0.3) is 10.2 Å². The number of nitrogens with zero attached hydrogens (tertiary/aromatic N) is 2. The van der Waals surface area contributed by atoms with E-state index in [-0.39, 0.29) is 11.2 Å². The lowest BCUT2D eigenvalue weighted by molar-refractivity contribution is -0.0543. The maximum Gasteiger partial charge on any atom is 0.263 e. The van der Waals surface area contributed by atoms with Crippen LogP contribution in [0.3, 0.4) is 0 Å². The van der Waals surface area contributed by atoms with Gasteiger partial charge in [-0.15, -0.1) is 17.9 Å². The fourth-order valence-corrected chi connectivity index (χ4v) is 5.39. The Bertz CT molecular complexity index is 1070. The molecule has 0 saturated heterocycles. The standard InChI is InChI=1S/C22H24N2O2S2/c1-4-11-27-21-23-19-18(16-12-22(3,5-2)26-14-17(16)28-19)20(25)24(21)13-15-9-7-6-8-10-15/h4,6-10H,1,5,11-14H2,2-3H3/t22-/m1/s1. The highest BCUT2D eigenvalue weighted by atomic mass is 32.2. The molecule has 1 atom stereocenters. The second-order valence-electron chi connectivity index (χ2n) is 7.32. The third-order valence-corrected chi connectivity index (χ3v) is 7.40. The molecule has 0 aliphatic carbocycles. The molecule has 1 aromatic carbocycles. The van der Waals surface area contributed by atoms with E-state index in [1.54, 1.807) is 23.1 Å². The molecule has 0 unspecified atom stereocenters. The summed E-state index contributed by atoms with van der Waals surface area (Å²) in [6.45, 7) is 9.15. The van der Waals surface area contributed by atoms with Crippen LogP contribution in [0.5, 0.6) is 0 Å².